The number of hydrogen-bond acceptors (Lipinski definition) is 3. The molecule has 2 rings (SSSR count). The van der Waals surface area contributed by atoms with Crippen molar-refractivity contribution in [2.24, 2.45) is 0 Å². The molecule has 1 N–H and O–H groups in total. The molecule has 2 aliphatic heterocycles. The van der Waals surface area contributed by atoms with E-state index in [-0.39, 0.29) is 18.3 Å². The van der Waals surface area contributed by atoms with Crippen LogP contribution in [0.4, 0.5) is 4.79 Å². The Hall–Kier alpha value is -1.01. The van der Waals surface area contributed by atoms with Crippen LogP contribution in [0.2, 0.25) is 0 Å². The molecule has 0 aromatic rings. The summed E-state index contributed by atoms with van der Waals surface area (Å²) in [7, 11) is -0.376. The average molecular weight is 253 g/mol. The molecule has 0 unspecified atom stereocenters. The molecule has 2 saturated heterocycles. The molecule has 2 aliphatic rings. The molecule has 100 valence electrons. The standard InChI is InChI=1S/C12H20BNO4/c1-11(2)12(3,4)18-13(17-11)7-9-5-6-14(8-9)10(15)16/h7H,5-6,8H2,1-4H3,(H,15,16). The van der Waals surface area contributed by atoms with Crippen LogP contribution in [0.15, 0.2) is 11.5 Å². The average Bonchev–Trinajstić information content (AvgIpc) is 2.70. The van der Waals surface area contributed by atoms with Crippen molar-refractivity contribution >= 4 is 13.2 Å². The molecule has 0 spiro atoms. The summed E-state index contributed by atoms with van der Waals surface area (Å²) in [6, 6.07) is 0. The summed E-state index contributed by atoms with van der Waals surface area (Å²) in [5.74, 6) is 1.92. The van der Waals surface area contributed by atoms with E-state index in [1.165, 1.54) is 4.90 Å². The highest BCUT2D eigenvalue weighted by molar-refractivity contribution is 6.51. The van der Waals surface area contributed by atoms with Gasteiger partial charge in [-0.3, -0.25) is 0 Å². The first-order valence-electron chi connectivity index (χ1n) is 6.24. The number of nitrogens with zero attached hydrogens (tertiary/aromatic N) is 1. The summed E-state index contributed by atoms with van der Waals surface area (Å²) in [6.45, 7) is 9.03. The maximum absolute atomic E-state index is 10.8. The Balaban J connectivity index is 2.02. The monoisotopic (exact) mass is 253 g/mol. The summed E-state index contributed by atoms with van der Waals surface area (Å²) < 4.78 is 11.7. The predicted octanol–water partition coefficient (Wildman–Crippen LogP) is 1.93. The Morgan fingerprint density at radius 3 is 2.33 bits per heavy atom. The van der Waals surface area contributed by atoms with Crippen molar-refractivity contribution in [1.29, 1.82) is 0 Å². The Morgan fingerprint density at radius 2 is 1.89 bits per heavy atom. The number of rotatable bonds is 1. The zero-order valence-electron chi connectivity index (χ0n) is 11.4. The molecular formula is C12H20BNO4. The van der Waals surface area contributed by atoms with Crippen molar-refractivity contribution in [3.8, 4) is 0 Å². The summed E-state index contributed by atoms with van der Waals surface area (Å²) in [5, 5.41) is 8.89. The molecule has 2 heterocycles. The molecule has 0 saturated carbocycles. The van der Waals surface area contributed by atoms with E-state index >= 15 is 0 Å². The van der Waals surface area contributed by atoms with E-state index < -0.39 is 6.09 Å². The van der Waals surface area contributed by atoms with Gasteiger partial charge in [0.15, 0.2) is 0 Å². The topological polar surface area (TPSA) is 59.0 Å². The summed E-state index contributed by atoms with van der Waals surface area (Å²) in [6.07, 6.45) is -0.108. The lowest BCUT2D eigenvalue weighted by atomic mass is 9.87. The summed E-state index contributed by atoms with van der Waals surface area (Å²) in [5.41, 5.74) is 0.371. The van der Waals surface area contributed by atoms with Crippen LogP contribution in [0.3, 0.4) is 0 Å². The molecule has 0 aromatic heterocycles. The number of carbonyl (C=O) groups is 1. The van der Waals surface area contributed by atoms with Crippen LogP contribution in [0.5, 0.6) is 0 Å². The lowest BCUT2D eigenvalue weighted by Crippen LogP contribution is -2.41. The van der Waals surface area contributed by atoms with Crippen LogP contribution in [0, 0.1) is 0 Å². The Labute approximate surface area is 108 Å². The zero-order chi connectivity index (χ0) is 13.6. The molecule has 5 nitrogen and oxygen atoms in total. The lowest BCUT2D eigenvalue weighted by molar-refractivity contribution is 0.00578. The van der Waals surface area contributed by atoms with Crippen LogP contribution < -0.4 is 0 Å². The second kappa shape index (κ2) is 4.28. The third-order valence-corrected chi connectivity index (χ3v) is 4.01. The number of amides is 1. The van der Waals surface area contributed by atoms with Crippen LogP contribution in [0.25, 0.3) is 0 Å². The summed E-state index contributed by atoms with van der Waals surface area (Å²) in [4.78, 5) is 12.2. The van der Waals surface area contributed by atoms with E-state index in [2.05, 4.69) is 0 Å². The van der Waals surface area contributed by atoms with Crippen molar-refractivity contribution in [2.45, 2.75) is 45.3 Å². The number of likely N-dealkylation sites (tertiary alicyclic amines) is 1. The van der Waals surface area contributed by atoms with Gasteiger partial charge in [-0.25, -0.2) is 4.79 Å². The first-order chi connectivity index (χ1) is 8.21. The highest BCUT2D eigenvalue weighted by Crippen LogP contribution is 2.37. The van der Waals surface area contributed by atoms with Gasteiger partial charge in [0, 0.05) is 13.1 Å². The molecule has 6 heteroatoms. The fourth-order valence-electron chi connectivity index (χ4n) is 2.13. The largest absolute Gasteiger partial charge is 0.487 e. The first kappa shape index (κ1) is 13.4. The van der Waals surface area contributed by atoms with Gasteiger partial charge in [0.25, 0.3) is 0 Å². The van der Waals surface area contributed by atoms with Crippen molar-refractivity contribution < 1.29 is 19.2 Å². The Bertz CT molecular complexity index is 376. The minimum absolute atomic E-state index is 0.347. The lowest BCUT2D eigenvalue weighted by Gasteiger charge is -2.32. The minimum Gasteiger partial charge on any atom is -0.465 e. The Morgan fingerprint density at radius 1 is 1.33 bits per heavy atom. The zero-order valence-corrected chi connectivity index (χ0v) is 11.4. The van der Waals surface area contributed by atoms with Gasteiger partial charge in [-0.05, 0) is 34.1 Å². The molecule has 0 aromatic carbocycles. The maximum atomic E-state index is 10.8. The minimum atomic E-state index is -0.868. The molecule has 0 aliphatic carbocycles. The third-order valence-electron chi connectivity index (χ3n) is 4.01. The van der Waals surface area contributed by atoms with Gasteiger partial charge in [-0.15, -0.1) is 0 Å². The Kier molecular flexibility index (Phi) is 3.19. The van der Waals surface area contributed by atoms with Crippen LogP contribution in [0.1, 0.15) is 34.1 Å². The highest BCUT2D eigenvalue weighted by atomic mass is 16.7. The molecule has 2 fully saturated rings. The van der Waals surface area contributed by atoms with Crippen LogP contribution >= 0.6 is 0 Å². The van der Waals surface area contributed by atoms with Gasteiger partial charge in [-0.1, -0.05) is 11.5 Å². The number of carboxylic acid groups (broad SMARTS) is 1. The fourth-order valence-corrected chi connectivity index (χ4v) is 2.13. The van der Waals surface area contributed by atoms with E-state index in [1.807, 2.05) is 33.7 Å². The van der Waals surface area contributed by atoms with Crippen molar-refractivity contribution in [3.63, 3.8) is 0 Å². The van der Waals surface area contributed by atoms with E-state index in [4.69, 9.17) is 14.4 Å². The third kappa shape index (κ3) is 2.40. The summed E-state index contributed by atoms with van der Waals surface area (Å²) >= 11 is 0. The second-order valence-electron chi connectivity index (χ2n) is 5.90. The van der Waals surface area contributed by atoms with Gasteiger partial charge in [0.2, 0.25) is 0 Å². The molecule has 0 bridgehead atoms. The predicted molar refractivity (Wildman–Crippen MR) is 68.4 cm³/mol. The van der Waals surface area contributed by atoms with E-state index in [0.717, 1.165) is 12.0 Å². The van der Waals surface area contributed by atoms with Gasteiger partial charge in [-0.2, -0.15) is 0 Å². The first-order valence-corrected chi connectivity index (χ1v) is 6.24. The normalized spacial score (nSPS) is 28.1. The van der Waals surface area contributed by atoms with Crippen LogP contribution in [-0.4, -0.2) is 47.5 Å². The fraction of sp³-hybridized carbons (Fsp3) is 0.750. The molecule has 1 amide bonds. The van der Waals surface area contributed by atoms with Gasteiger partial charge in [0.05, 0.1) is 11.2 Å². The molecule has 18 heavy (non-hydrogen) atoms. The quantitative estimate of drug-likeness (QED) is 0.725. The molecular weight excluding hydrogens is 233 g/mol. The second-order valence-corrected chi connectivity index (χ2v) is 5.90. The van der Waals surface area contributed by atoms with Crippen molar-refractivity contribution in [1.82, 2.24) is 4.90 Å². The van der Waals surface area contributed by atoms with E-state index in [9.17, 15) is 4.79 Å². The van der Waals surface area contributed by atoms with Gasteiger partial charge in [0.1, 0.15) is 0 Å². The smallest absolute Gasteiger partial charge is 0.465 e. The van der Waals surface area contributed by atoms with Crippen molar-refractivity contribution in [3.05, 3.63) is 11.5 Å². The van der Waals surface area contributed by atoms with Crippen LogP contribution in [-0.2, 0) is 9.31 Å². The number of hydrogen-bond donors (Lipinski definition) is 1. The maximum Gasteiger partial charge on any atom is 0.487 e. The SMILES string of the molecule is CC1(C)OB(C=C2CCN(C(=O)O)C2)OC1(C)C. The van der Waals surface area contributed by atoms with Crippen molar-refractivity contribution in [2.75, 3.05) is 13.1 Å². The van der Waals surface area contributed by atoms with E-state index in [0.29, 0.717) is 13.1 Å². The van der Waals surface area contributed by atoms with Gasteiger partial charge >= 0.3 is 13.2 Å². The van der Waals surface area contributed by atoms with E-state index in [1.54, 1.807) is 0 Å². The molecule has 0 atom stereocenters. The highest BCUT2D eigenvalue weighted by Gasteiger charge is 2.50. The molecule has 0 radical (unpaired) electrons. The van der Waals surface area contributed by atoms with Gasteiger partial charge < -0.3 is 19.3 Å².